The molecule has 0 spiro atoms. The van der Waals surface area contributed by atoms with Crippen LogP contribution in [-0.2, 0) is 4.79 Å². The summed E-state index contributed by atoms with van der Waals surface area (Å²) in [5, 5.41) is 0. The van der Waals surface area contributed by atoms with E-state index in [0.29, 0.717) is 11.7 Å². The fourth-order valence-electron chi connectivity index (χ4n) is 7.25. The summed E-state index contributed by atoms with van der Waals surface area (Å²) in [5.41, 5.74) is 0. The van der Waals surface area contributed by atoms with Gasteiger partial charge in [0, 0.05) is 5.92 Å². The lowest BCUT2D eigenvalue weighted by molar-refractivity contribution is -0.123. The van der Waals surface area contributed by atoms with E-state index < -0.39 is 0 Å². The lowest BCUT2D eigenvalue weighted by atomic mass is 9.52. The monoisotopic (exact) mass is 288 g/mol. The van der Waals surface area contributed by atoms with Crippen LogP contribution in [0.3, 0.4) is 0 Å². The van der Waals surface area contributed by atoms with Gasteiger partial charge in [-0.25, -0.2) is 0 Å². The van der Waals surface area contributed by atoms with Gasteiger partial charge in [-0.2, -0.15) is 0 Å². The minimum atomic E-state index is 0.431. The minimum Gasteiger partial charge on any atom is -0.300 e. The molecule has 118 valence electrons. The van der Waals surface area contributed by atoms with Gasteiger partial charge >= 0.3 is 0 Å². The van der Waals surface area contributed by atoms with Crippen molar-refractivity contribution in [3.63, 3.8) is 0 Å². The molecule has 4 aliphatic carbocycles. The van der Waals surface area contributed by atoms with Crippen LogP contribution >= 0.6 is 0 Å². The molecule has 1 heteroatoms. The predicted octanol–water partition coefficient (Wildman–Crippen LogP) is 5.09. The first-order valence-corrected chi connectivity index (χ1v) is 9.65. The summed E-state index contributed by atoms with van der Waals surface area (Å²) in [6.07, 6.45) is 12.9. The molecule has 0 aromatic heterocycles. The van der Waals surface area contributed by atoms with E-state index in [2.05, 4.69) is 6.92 Å². The highest BCUT2D eigenvalue weighted by Crippen LogP contribution is 2.59. The van der Waals surface area contributed by atoms with Crippen LogP contribution in [0.2, 0.25) is 0 Å². The van der Waals surface area contributed by atoms with Crippen LogP contribution in [0.5, 0.6) is 0 Å². The van der Waals surface area contributed by atoms with Crippen LogP contribution in [0.25, 0.3) is 0 Å². The van der Waals surface area contributed by atoms with Crippen LogP contribution < -0.4 is 0 Å². The van der Waals surface area contributed by atoms with Crippen LogP contribution in [-0.4, -0.2) is 5.78 Å². The number of hydrogen-bond donors (Lipinski definition) is 0. The van der Waals surface area contributed by atoms with Gasteiger partial charge in [-0.05, 0) is 99.7 Å². The molecule has 0 bridgehead atoms. The lowest BCUT2D eigenvalue weighted by Crippen LogP contribution is -2.45. The Morgan fingerprint density at radius 3 is 2.10 bits per heavy atom. The Morgan fingerprint density at radius 1 is 0.714 bits per heavy atom. The van der Waals surface area contributed by atoms with Crippen molar-refractivity contribution >= 4 is 5.78 Å². The van der Waals surface area contributed by atoms with Gasteiger partial charge in [-0.15, -0.1) is 0 Å². The molecule has 0 amide bonds. The molecule has 1 nitrogen and oxygen atoms in total. The van der Waals surface area contributed by atoms with E-state index in [9.17, 15) is 4.79 Å². The van der Waals surface area contributed by atoms with E-state index in [4.69, 9.17) is 0 Å². The molecule has 0 aliphatic heterocycles. The largest absolute Gasteiger partial charge is 0.300 e. The molecule has 0 saturated heterocycles. The van der Waals surface area contributed by atoms with Gasteiger partial charge in [-0.3, -0.25) is 4.79 Å². The van der Waals surface area contributed by atoms with Gasteiger partial charge in [0.05, 0.1) is 0 Å². The van der Waals surface area contributed by atoms with E-state index in [-0.39, 0.29) is 0 Å². The maximum Gasteiger partial charge on any atom is 0.133 e. The second-order valence-electron chi connectivity index (χ2n) is 8.95. The Balaban J connectivity index is 1.51. The highest BCUT2D eigenvalue weighted by molar-refractivity contribution is 5.79. The molecule has 0 radical (unpaired) electrons. The summed E-state index contributed by atoms with van der Waals surface area (Å²) in [6.45, 7) is 4.31. The maximum absolute atomic E-state index is 11.9. The van der Waals surface area contributed by atoms with E-state index in [1.165, 1.54) is 57.8 Å². The molecule has 4 saturated carbocycles. The third-order valence-corrected chi connectivity index (χ3v) is 8.06. The minimum absolute atomic E-state index is 0.431. The normalized spacial score (nSPS) is 52.7. The Bertz CT molecular complexity index is 414. The van der Waals surface area contributed by atoms with Gasteiger partial charge in [0.1, 0.15) is 5.78 Å². The predicted molar refractivity (Wildman–Crippen MR) is 85.8 cm³/mol. The molecule has 21 heavy (non-hydrogen) atoms. The van der Waals surface area contributed by atoms with Crippen molar-refractivity contribution in [1.82, 2.24) is 0 Å². The molecular weight excluding hydrogens is 256 g/mol. The first-order chi connectivity index (χ1) is 10.1. The molecule has 4 aliphatic rings. The average molecular weight is 288 g/mol. The zero-order valence-corrected chi connectivity index (χ0v) is 13.9. The van der Waals surface area contributed by atoms with Crippen molar-refractivity contribution < 1.29 is 4.79 Å². The molecule has 4 rings (SSSR count). The van der Waals surface area contributed by atoms with Crippen LogP contribution in [0.15, 0.2) is 0 Å². The molecule has 3 unspecified atom stereocenters. The van der Waals surface area contributed by atoms with Gasteiger partial charge in [-0.1, -0.05) is 13.3 Å². The van der Waals surface area contributed by atoms with Crippen LogP contribution in [0.1, 0.15) is 71.6 Å². The zero-order chi connectivity index (χ0) is 14.6. The second-order valence-corrected chi connectivity index (χ2v) is 8.95. The first kappa shape index (κ1) is 14.3. The Morgan fingerprint density at radius 2 is 1.29 bits per heavy atom. The summed E-state index contributed by atoms with van der Waals surface area (Å²) < 4.78 is 0. The third-order valence-electron chi connectivity index (χ3n) is 8.06. The molecule has 0 N–H and O–H groups in total. The van der Waals surface area contributed by atoms with Crippen molar-refractivity contribution in [2.45, 2.75) is 71.6 Å². The average Bonchev–Trinajstić information content (AvgIpc) is 2.90. The summed E-state index contributed by atoms with van der Waals surface area (Å²) in [6, 6.07) is 0. The van der Waals surface area contributed by atoms with E-state index in [1.54, 1.807) is 0 Å². The molecule has 0 aromatic rings. The van der Waals surface area contributed by atoms with Gasteiger partial charge < -0.3 is 0 Å². The highest BCUT2D eigenvalue weighted by Gasteiger charge is 2.52. The third kappa shape index (κ3) is 2.30. The molecule has 4 fully saturated rings. The fourth-order valence-corrected chi connectivity index (χ4v) is 7.25. The van der Waals surface area contributed by atoms with Crippen LogP contribution in [0.4, 0.5) is 0 Å². The SMILES string of the molecule is CC(=O)C1CCC2[C@@H]1CCC1[C@H]2CC[C@@H]2C[C@@H](C)CC[C@H]12. The summed E-state index contributed by atoms with van der Waals surface area (Å²) in [4.78, 5) is 11.9. The highest BCUT2D eigenvalue weighted by atomic mass is 16.1. The number of Topliss-reactive ketones (excluding diaryl/α,β-unsaturated/α-hetero) is 1. The summed E-state index contributed by atoms with van der Waals surface area (Å²) in [5.74, 6) is 7.70. The summed E-state index contributed by atoms with van der Waals surface area (Å²) in [7, 11) is 0. The molecule has 8 atom stereocenters. The number of carbonyl (C=O) groups excluding carboxylic acids is 1. The van der Waals surface area contributed by atoms with Gasteiger partial charge in [0.25, 0.3) is 0 Å². The molecule has 0 heterocycles. The van der Waals surface area contributed by atoms with E-state index in [1.807, 2.05) is 6.92 Å². The smallest absolute Gasteiger partial charge is 0.133 e. The summed E-state index contributed by atoms with van der Waals surface area (Å²) >= 11 is 0. The van der Waals surface area contributed by atoms with Crippen molar-refractivity contribution in [2.24, 2.45) is 47.3 Å². The van der Waals surface area contributed by atoms with Crippen LogP contribution in [0, 0.1) is 47.3 Å². The first-order valence-electron chi connectivity index (χ1n) is 9.65. The lowest BCUT2D eigenvalue weighted by Gasteiger charge is -2.53. The number of carbonyl (C=O) groups is 1. The molecule has 0 aromatic carbocycles. The van der Waals surface area contributed by atoms with Crippen molar-refractivity contribution in [3.05, 3.63) is 0 Å². The van der Waals surface area contributed by atoms with E-state index in [0.717, 1.165) is 41.4 Å². The van der Waals surface area contributed by atoms with Gasteiger partial charge in [0.15, 0.2) is 0 Å². The zero-order valence-electron chi connectivity index (χ0n) is 13.9. The maximum atomic E-state index is 11.9. The number of ketones is 1. The number of hydrogen-bond acceptors (Lipinski definition) is 1. The molecular formula is C20H32O. The second kappa shape index (κ2) is 5.39. The quantitative estimate of drug-likeness (QED) is 0.657. The van der Waals surface area contributed by atoms with Crippen molar-refractivity contribution in [1.29, 1.82) is 0 Å². The van der Waals surface area contributed by atoms with Gasteiger partial charge in [0.2, 0.25) is 0 Å². The van der Waals surface area contributed by atoms with E-state index >= 15 is 0 Å². The topological polar surface area (TPSA) is 17.1 Å². The Kier molecular flexibility index (Phi) is 3.66. The number of rotatable bonds is 1. The Hall–Kier alpha value is -0.330. The standard InChI is InChI=1S/C20H32O/c1-12-3-5-16-14(11-12)4-6-19-18(16)10-9-17-15(13(2)21)7-8-20(17)19/h12,14-20H,3-11H2,1-2H3/t12-,14+,15?,16-,17+,18?,19+,20?/m0/s1. The Labute approximate surface area is 130 Å². The fraction of sp³-hybridized carbons (Fsp3) is 0.950. The van der Waals surface area contributed by atoms with Crippen molar-refractivity contribution in [2.75, 3.05) is 0 Å². The number of fused-ring (bicyclic) bond motifs is 5. The van der Waals surface area contributed by atoms with Crippen molar-refractivity contribution in [3.8, 4) is 0 Å².